The second-order valence-electron chi connectivity index (χ2n) is 6.46. The number of aliphatic carboxylic acids is 1. The van der Waals surface area contributed by atoms with E-state index in [-0.39, 0.29) is 5.91 Å². The summed E-state index contributed by atoms with van der Waals surface area (Å²) >= 11 is 7.28. The van der Waals surface area contributed by atoms with Gasteiger partial charge in [-0.1, -0.05) is 11.6 Å². The van der Waals surface area contributed by atoms with Crippen LogP contribution in [0.25, 0.3) is 0 Å². The molecule has 1 aliphatic heterocycles. The van der Waals surface area contributed by atoms with E-state index >= 15 is 0 Å². The molecule has 0 radical (unpaired) electrons. The van der Waals surface area contributed by atoms with Crippen LogP contribution in [-0.2, 0) is 9.59 Å². The molecule has 1 amide bonds. The Morgan fingerprint density at radius 3 is 2.43 bits per heavy atom. The number of hydrogen-bond donors (Lipinski definition) is 1. The number of nitrogens with zero attached hydrogens (tertiary/aromatic N) is 1. The monoisotopic (exact) mass is 357 g/mol. The average molecular weight is 358 g/mol. The lowest BCUT2D eigenvalue weighted by Gasteiger charge is -2.33. The zero-order valence-corrected chi connectivity index (χ0v) is 15.1. The van der Waals surface area contributed by atoms with Gasteiger partial charge in [0.1, 0.15) is 11.8 Å². The molecule has 0 saturated carbocycles. The van der Waals surface area contributed by atoms with Gasteiger partial charge in [0.05, 0.1) is 5.88 Å². The van der Waals surface area contributed by atoms with E-state index in [0.29, 0.717) is 16.6 Å². The number of carbonyl (C=O) groups is 2. The minimum Gasteiger partial charge on any atom is -0.480 e. The van der Waals surface area contributed by atoms with Crippen molar-refractivity contribution in [2.24, 2.45) is 0 Å². The second-order valence-corrected chi connectivity index (χ2v) is 8.49. The van der Waals surface area contributed by atoms with Crippen molar-refractivity contribution in [2.75, 3.05) is 5.88 Å². The Kier molecular flexibility index (Phi) is 4.87. The predicted octanol–water partition coefficient (Wildman–Crippen LogP) is 3.26. The van der Waals surface area contributed by atoms with Gasteiger partial charge in [-0.2, -0.15) is 0 Å². The van der Waals surface area contributed by atoms with E-state index in [1.54, 1.807) is 38.1 Å². The third-order valence-electron chi connectivity index (χ3n) is 3.74. The number of benzene rings is 1. The molecule has 1 aromatic carbocycles. The summed E-state index contributed by atoms with van der Waals surface area (Å²) in [6.45, 7) is 6.94. The van der Waals surface area contributed by atoms with Crippen molar-refractivity contribution < 1.29 is 19.4 Å². The van der Waals surface area contributed by atoms with Crippen LogP contribution in [0.5, 0.6) is 5.75 Å². The van der Waals surface area contributed by atoms with Gasteiger partial charge in [-0.05, 0) is 52.0 Å². The van der Waals surface area contributed by atoms with Crippen LogP contribution in [0, 0.1) is 0 Å². The number of carboxylic acid groups (broad SMARTS) is 1. The van der Waals surface area contributed by atoms with Crippen LogP contribution in [-0.4, -0.2) is 44.1 Å². The van der Waals surface area contributed by atoms with Gasteiger partial charge in [0, 0.05) is 9.77 Å². The number of carbonyl (C=O) groups excluding carboxylic acids is 1. The molecular weight excluding hydrogens is 338 g/mol. The fourth-order valence-corrected chi connectivity index (χ4v) is 3.81. The molecule has 0 spiro atoms. The summed E-state index contributed by atoms with van der Waals surface area (Å²) in [4.78, 5) is 25.8. The Labute approximate surface area is 144 Å². The first-order chi connectivity index (χ1) is 10.5. The SMILES string of the molecule is CC(C)(Oc1ccc(Cl)cc1)C(=O)N1CSC(C)(C)C1C(=O)O. The largest absolute Gasteiger partial charge is 0.480 e. The molecule has 5 nitrogen and oxygen atoms in total. The topological polar surface area (TPSA) is 66.8 Å². The third-order valence-corrected chi connectivity index (χ3v) is 5.37. The number of amides is 1. The summed E-state index contributed by atoms with van der Waals surface area (Å²) in [5.74, 6) is -0.518. The molecule has 0 aromatic heterocycles. The van der Waals surface area contributed by atoms with Crippen molar-refractivity contribution in [3.63, 3.8) is 0 Å². The maximum Gasteiger partial charge on any atom is 0.327 e. The summed E-state index contributed by atoms with van der Waals surface area (Å²) in [7, 11) is 0. The van der Waals surface area contributed by atoms with Crippen molar-refractivity contribution in [1.29, 1.82) is 0 Å². The predicted molar refractivity (Wildman–Crippen MR) is 91.0 cm³/mol. The van der Waals surface area contributed by atoms with Gasteiger partial charge in [-0.25, -0.2) is 4.79 Å². The molecule has 126 valence electrons. The number of carboxylic acids is 1. The van der Waals surface area contributed by atoms with Crippen molar-refractivity contribution >= 4 is 35.2 Å². The summed E-state index contributed by atoms with van der Waals surface area (Å²) in [6.07, 6.45) is 0. The fraction of sp³-hybridized carbons (Fsp3) is 0.500. The highest BCUT2D eigenvalue weighted by molar-refractivity contribution is 8.00. The molecule has 23 heavy (non-hydrogen) atoms. The van der Waals surface area contributed by atoms with Crippen molar-refractivity contribution in [1.82, 2.24) is 4.90 Å². The number of hydrogen-bond acceptors (Lipinski definition) is 4. The minimum absolute atomic E-state index is 0.330. The van der Waals surface area contributed by atoms with E-state index < -0.39 is 22.4 Å². The van der Waals surface area contributed by atoms with E-state index in [9.17, 15) is 14.7 Å². The molecule has 1 aliphatic rings. The lowest BCUT2D eigenvalue weighted by molar-refractivity contribution is -0.156. The standard InChI is InChI=1S/C16H20ClNO4S/c1-15(2,22-11-7-5-10(17)6-8-11)14(21)18-9-23-16(3,4)12(18)13(19)20/h5-8,12H,9H2,1-4H3,(H,19,20). The molecule has 7 heteroatoms. The van der Waals surface area contributed by atoms with Gasteiger partial charge >= 0.3 is 5.97 Å². The Hall–Kier alpha value is -1.40. The van der Waals surface area contributed by atoms with Gasteiger partial charge in [0.25, 0.3) is 5.91 Å². The van der Waals surface area contributed by atoms with E-state index in [0.717, 1.165) is 0 Å². The number of thioether (sulfide) groups is 1. The van der Waals surface area contributed by atoms with Gasteiger partial charge in [-0.3, -0.25) is 4.79 Å². The van der Waals surface area contributed by atoms with Gasteiger partial charge in [0.2, 0.25) is 0 Å². The maximum absolute atomic E-state index is 12.8. The van der Waals surface area contributed by atoms with E-state index in [1.165, 1.54) is 16.7 Å². The maximum atomic E-state index is 12.8. The number of rotatable bonds is 4. The molecule has 1 fully saturated rings. The molecule has 0 bridgehead atoms. The Morgan fingerprint density at radius 2 is 1.91 bits per heavy atom. The van der Waals surface area contributed by atoms with Crippen LogP contribution in [0.15, 0.2) is 24.3 Å². The van der Waals surface area contributed by atoms with Crippen LogP contribution in [0.4, 0.5) is 0 Å². The van der Waals surface area contributed by atoms with Gasteiger partial charge in [-0.15, -0.1) is 11.8 Å². The molecule has 2 rings (SSSR count). The first-order valence-electron chi connectivity index (χ1n) is 7.17. The Bertz CT molecular complexity index is 615. The Morgan fingerprint density at radius 1 is 1.35 bits per heavy atom. The van der Waals surface area contributed by atoms with Crippen molar-refractivity contribution in [3.8, 4) is 5.75 Å². The van der Waals surface area contributed by atoms with Crippen LogP contribution in [0.2, 0.25) is 5.02 Å². The average Bonchev–Trinajstić information content (AvgIpc) is 2.75. The molecule has 0 aliphatic carbocycles. The van der Waals surface area contributed by atoms with Crippen LogP contribution in [0.1, 0.15) is 27.7 Å². The minimum atomic E-state index is -1.18. The second kappa shape index (κ2) is 6.24. The molecule has 1 atom stereocenters. The third kappa shape index (κ3) is 3.75. The summed E-state index contributed by atoms with van der Waals surface area (Å²) in [5, 5.41) is 10.1. The quantitative estimate of drug-likeness (QED) is 0.895. The number of halogens is 1. The van der Waals surface area contributed by atoms with Crippen LogP contribution in [0.3, 0.4) is 0 Å². The smallest absolute Gasteiger partial charge is 0.327 e. The van der Waals surface area contributed by atoms with Gasteiger partial charge in [0.15, 0.2) is 5.60 Å². The van der Waals surface area contributed by atoms with Crippen molar-refractivity contribution in [3.05, 3.63) is 29.3 Å². The molecule has 1 saturated heterocycles. The van der Waals surface area contributed by atoms with Crippen LogP contribution < -0.4 is 4.74 Å². The highest BCUT2D eigenvalue weighted by Crippen LogP contribution is 2.40. The molecule has 1 N–H and O–H groups in total. The van der Waals surface area contributed by atoms with Crippen LogP contribution >= 0.6 is 23.4 Å². The zero-order valence-electron chi connectivity index (χ0n) is 13.5. The van der Waals surface area contributed by atoms with E-state index in [2.05, 4.69) is 0 Å². The van der Waals surface area contributed by atoms with Crippen molar-refractivity contribution in [2.45, 2.75) is 44.1 Å². The Balaban J connectivity index is 2.20. The van der Waals surface area contributed by atoms with E-state index in [4.69, 9.17) is 16.3 Å². The lowest BCUT2D eigenvalue weighted by atomic mass is 9.99. The zero-order chi connectivity index (χ0) is 17.4. The molecule has 1 heterocycles. The fourth-order valence-electron chi connectivity index (χ4n) is 2.56. The lowest BCUT2D eigenvalue weighted by Crippen LogP contribution is -2.55. The summed E-state index contributed by atoms with van der Waals surface area (Å²) in [5.41, 5.74) is -1.18. The van der Waals surface area contributed by atoms with Gasteiger partial charge < -0.3 is 14.7 Å². The van der Waals surface area contributed by atoms with E-state index in [1.807, 2.05) is 13.8 Å². The summed E-state index contributed by atoms with van der Waals surface area (Å²) in [6, 6.07) is 5.82. The highest BCUT2D eigenvalue weighted by atomic mass is 35.5. The normalized spacial score (nSPS) is 20.4. The highest BCUT2D eigenvalue weighted by Gasteiger charge is 2.51. The molecule has 1 unspecified atom stereocenters. The molecular formula is C16H20ClNO4S. The molecule has 1 aromatic rings. The summed E-state index contributed by atoms with van der Waals surface area (Å²) < 4.78 is 5.23. The first kappa shape index (κ1) is 17.9. The first-order valence-corrected chi connectivity index (χ1v) is 8.53. The number of ether oxygens (including phenoxy) is 1.